The zero-order chi connectivity index (χ0) is 9.68. The van der Waals surface area contributed by atoms with Crippen molar-refractivity contribution >= 4 is 41.7 Å². The third-order valence-electron chi connectivity index (χ3n) is 1.20. The first-order valence-electron chi connectivity index (χ1n) is 3.47. The van der Waals surface area contributed by atoms with Crippen LogP contribution in [-0.4, -0.2) is 4.98 Å². The number of nitrogens with zero attached hydrogens (tertiary/aromatic N) is 1. The highest BCUT2D eigenvalue weighted by atomic mass is 127. The number of rotatable bonds is 1. The largest absolute Gasteiger partial charge is 0.454 e. The molecule has 0 aliphatic carbocycles. The SMILES string of the molecule is Cc1ccc(Cl)nccc(SI)o1. The minimum atomic E-state index is 0.443. The van der Waals surface area contributed by atoms with Crippen molar-refractivity contribution in [1.82, 2.24) is 4.98 Å². The molecule has 0 aliphatic heterocycles. The van der Waals surface area contributed by atoms with Crippen molar-refractivity contribution in [2.75, 3.05) is 0 Å². The van der Waals surface area contributed by atoms with E-state index in [0.717, 1.165) is 10.9 Å². The van der Waals surface area contributed by atoms with Gasteiger partial charge in [0.25, 0.3) is 0 Å². The van der Waals surface area contributed by atoms with Gasteiger partial charge in [0.2, 0.25) is 0 Å². The van der Waals surface area contributed by atoms with Crippen molar-refractivity contribution < 1.29 is 4.42 Å². The van der Waals surface area contributed by atoms with Gasteiger partial charge in [-0.1, -0.05) is 11.6 Å². The predicted molar refractivity (Wildman–Crippen MR) is 63.8 cm³/mol. The number of aromatic nitrogens is 1. The Morgan fingerprint density at radius 2 is 2.23 bits per heavy atom. The molecule has 0 atom stereocenters. The van der Waals surface area contributed by atoms with Crippen LogP contribution in [0.25, 0.3) is 0 Å². The van der Waals surface area contributed by atoms with Crippen LogP contribution in [-0.2, 0) is 0 Å². The Labute approximate surface area is 98.0 Å². The molecule has 0 N–H and O–H groups in total. The summed E-state index contributed by atoms with van der Waals surface area (Å²) in [4.78, 5) is 3.96. The van der Waals surface area contributed by atoms with E-state index in [0.29, 0.717) is 5.15 Å². The third kappa shape index (κ3) is 4.19. The van der Waals surface area contributed by atoms with E-state index in [2.05, 4.69) is 26.2 Å². The summed E-state index contributed by atoms with van der Waals surface area (Å²) in [5, 5.41) is 1.23. The second-order valence-electron chi connectivity index (χ2n) is 2.21. The summed E-state index contributed by atoms with van der Waals surface area (Å²) in [6.07, 6.45) is 1.62. The lowest BCUT2D eigenvalue weighted by molar-refractivity contribution is 0.434. The molecule has 0 unspecified atom stereocenters. The average molecular weight is 328 g/mol. The molecule has 0 aliphatic rings. The molecule has 2 nitrogen and oxygen atoms in total. The average Bonchev–Trinajstić information content (AvgIpc) is 2.19. The molecule has 0 bridgehead atoms. The monoisotopic (exact) mass is 327 g/mol. The first-order chi connectivity index (χ1) is 6.22. The van der Waals surface area contributed by atoms with Gasteiger partial charge in [0, 0.05) is 33.5 Å². The zero-order valence-corrected chi connectivity index (χ0v) is 10.6. The van der Waals surface area contributed by atoms with Crippen molar-refractivity contribution in [2.45, 2.75) is 12.0 Å². The van der Waals surface area contributed by atoms with Gasteiger partial charge in [0.05, 0.1) is 0 Å². The topological polar surface area (TPSA) is 26.0 Å². The van der Waals surface area contributed by atoms with Gasteiger partial charge in [-0.2, -0.15) is 0 Å². The molecule has 5 heteroatoms. The maximum Gasteiger partial charge on any atom is 0.171 e. The van der Waals surface area contributed by atoms with Crippen LogP contribution >= 0.6 is 41.7 Å². The highest BCUT2D eigenvalue weighted by molar-refractivity contribution is 14.2. The number of aryl methyl sites for hydroxylation is 1. The molecule has 0 fully saturated rings. The predicted octanol–water partition coefficient (Wildman–Crippen LogP) is 4.20. The summed E-state index contributed by atoms with van der Waals surface area (Å²) in [5.74, 6) is 0.791. The Morgan fingerprint density at radius 1 is 1.46 bits per heavy atom. The van der Waals surface area contributed by atoms with Crippen LogP contribution in [0, 0.1) is 6.92 Å². The molecule has 70 valence electrons. The van der Waals surface area contributed by atoms with E-state index >= 15 is 0 Å². The lowest BCUT2D eigenvalue weighted by atomic mass is 10.5. The van der Waals surface area contributed by atoms with Crippen LogP contribution in [0.5, 0.6) is 0 Å². The van der Waals surface area contributed by atoms with Crippen LogP contribution in [0.1, 0.15) is 5.76 Å². The third-order valence-corrected chi connectivity index (χ3v) is 3.10. The molecule has 0 amide bonds. The Morgan fingerprint density at radius 3 is 2.92 bits per heavy atom. The fourth-order valence-electron chi connectivity index (χ4n) is 0.667. The standard InChI is InChI=1S/C8H7ClINOS/c1-6-2-3-7(9)11-5-4-8(12-6)13-10/h2-5H,1H3. The normalized spacial score (nSPS) is 9.46. The van der Waals surface area contributed by atoms with Crippen molar-refractivity contribution in [3.05, 3.63) is 35.3 Å². The van der Waals surface area contributed by atoms with Crippen molar-refractivity contribution in [1.29, 1.82) is 0 Å². The quantitative estimate of drug-likeness (QED) is 0.723. The van der Waals surface area contributed by atoms with Crippen LogP contribution in [0.15, 0.2) is 33.9 Å². The smallest absolute Gasteiger partial charge is 0.171 e. The fourth-order valence-corrected chi connectivity index (χ4v) is 1.77. The molecule has 1 heterocycles. The van der Waals surface area contributed by atoms with Gasteiger partial charge < -0.3 is 4.42 Å². The summed E-state index contributed by atoms with van der Waals surface area (Å²) in [7, 11) is 1.49. The number of hydrogen-bond donors (Lipinski definition) is 0. The summed E-state index contributed by atoms with van der Waals surface area (Å²) >= 11 is 7.90. The number of halogens is 2. The molecule has 0 aromatic carbocycles. The summed E-state index contributed by atoms with van der Waals surface area (Å²) in [6.45, 7) is 1.87. The second-order valence-corrected chi connectivity index (χ2v) is 4.47. The van der Waals surface area contributed by atoms with E-state index in [1.54, 1.807) is 24.4 Å². The van der Waals surface area contributed by atoms with E-state index in [9.17, 15) is 0 Å². The molecule has 13 heavy (non-hydrogen) atoms. The minimum absolute atomic E-state index is 0.443. The molecule has 0 saturated heterocycles. The first kappa shape index (κ1) is 11.1. The molecular formula is C8H7ClINOS. The van der Waals surface area contributed by atoms with Crippen LogP contribution in [0.2, 0.25) is 5.15 Å². The first-order valence-corrected chi connectivity index (χ1v) is 7.21. The van der Waals surface area contributed by atoms with Gasteiger partial charge in [-0.15, -0.1) is 0 Å². The Balaban J connectivity index is 3.29. The molecule has 0 spiro atoms. The van der Waals surface area contributed by atoms with Crippen LogP contribution in [0.4, 0.5) is 0 Å². The maximum absolute atomic E-state index is 5.75. The van der Waals surface area contributed by atoms with E-state index in [1.165, 1.54) is 8.93 Å². The van der Waals surface area contributed by atoms with Gasteiger partial charge in [-0.25, -0.2) is 4.98 Å². The molecular weight excluding hydrogens is 321 g/mol. The summed E-state index contributed by atoms with van der Waals surface area (Å²) < 4.78 is 5.45. The summed E-state index contributed by atoms with van der Waals surface area (Å²) in [5.41, 5.74) is 0. The summed E-state index contributed by atoms with van der Waals surface area (Å²) in [6, 6.07) is 5.25. The highest BCUT2D eigenvalue weighted by Gasteiger charge is 1.90. The molecule has 1 aromatic rings. The van der Waals surface area contributed by atoms with Gasteiger partial charge in [-0.3, -0.25) is 0 Å². The number of hydrogen-bond acceptors (Lipinski definition) is 3. The van der Waals surface area contributed by atoms with E-state index in [-0.39, 0.29) is 0 Å². The van der Waals surface area contributed by atoms with Gasteiger partial charge >= 0.3 is 0 Å². The minimum Gasteiger partial charge on any atom is -0.454 e. The van der Waals surface area contributed by atoms with Gasteiger partial charge in [-0.05, 0) is 28.0 Å². The molecule has 1 aromatic heterocycles. The van der Waals surface area contributed by atoms with Crippen molar-refractivity contribution in [3.8, 4) is 0 Å². The van der Waals surface area contributed by atoms with E-state index in [1.807, 2.05) is 6.92 Å². The molecule has 0 saturated carbocycles. The molecule has 1 rings (SSSR count). The fraction of sp³-hybridized carbons (Fsp3) is 0.125. The lowest BCUT2D eigenvalue weighted by Crippen LogP contribution is -1.64. The van der Waals surface area contributed by atoms with Crippen molar-refractivity contribution in [3.63, 3.8) is 0 Å². The molecule has 0 radical (unpaired) electrons. The van der Waals surface area contributed by atoms with Crippen LogP contribution < -0.4 is 0 Å². The van der Waals surface area contributed by atoms with Crippen LogP contribution in [0.3, 0.4) is 0 Å². The van der Waals surface area contributed by atoms with Crippen molar-refractivity contribution in [2.24, 2.45) is 0 Å². The lowest BCUT2D eigenvalue weighted by Gasteiger charge is -1.89. The zero-order valence-electron chi connectivity index (χ0n) is 6.83. The van der Waals surface area contributed by atoms with E-state index < -0.39 is 0 Å². The van der Waals surface area contributed by atoms with Gasteiger partial charge in [0.15, 0.2) is 5.09 Å². The maximum atomic E-state index is 5.75. The Bertz CT molecular complexity index is 341. The van der Waals surface area contributed by atoms with Gasteiger partial charge in [0.1, 0.15) is 10.9 Å². The second kappa shape index (κ2) is 5.72. The Hall–Kier alpha value is 0.0600. The van der Waals surface area contributed by atoms with E-state index in [4.69, 9.17) is 16.0 Å². The highest BCUT2D eigenvalue weighted by Crippen LogP contribution is 2.23. The Kier molecular flexibility index (Phi) is 4.90.